The largest absolute Gasteiger partial charge is 0.494 e. The van der Waals surface area contributed by atoms with Gasteiger partial charge in [0.2, 0.25) is 0 Å². The van der Waals surface area contributed by atoms with E-state index in [0.29, 0.717) is 6.61 Å². The molecule has 98 valence electrons. The number of aryl methyl sites for hydroxylation is 1. The number of ether oxygens (including phenoxy) is 1. The Morgan fingerprint density at radius 3 is 2.84 bits per heavy atom. The molecule has 1 atom stereocenters. The fourth-order valence-corrected chi connectivity index (χ4v) is 2.76. The molecule has 2 aromatic rings. The van der Waals surface area contributed by atoms with E-state index in [-0.39, 0.29) is 6.04 Å². The Morgan fingerprint density at radius 2 is 2.00 bits per heavy atom. The molecule has 3 rings (SSSR count). The Balaban J connectivity index is 1.96. The first-order valence-electron chi connectivity index (χ1n) is 6.89. The van der Waals surface area contributed by atoms with Gasteiger partial charge in [-0.05, 0) is 54.2 Å². The predicted molar refractivity (Wildman–Crippen MR) is 78.3 cm³/mol. The topological polar surface area (TPSA) is 35.2 Å². The molecule has 0 saturated heterocycles. The minimum atomic E-state index is 0.221. The lowest BCUT2D eigenvalue weighted by molar-refractivity contribution is 0.340. The lowest BCUT2D eigenvalue weighted by atomic mass is 10.00. The van der Waals surface area contributed by atoms with Crippen molar-refractivity contribution in [2.45, 2.75) is 25.8 Å². The van der Waals surface area contributed by atoms with Crippen molar-refractivity contribution < 1.29 is 4.74 Å². The minimum absolute atomic E-state index is 0.221. The van der Waals surface area contributed by atoms with Crippen molar-refractivity contribution in [1.29, 1.82) is 0 Å². The van der Waals surface area contributed by atoms with Gasteiger partial charge in [-0.25, -0.2) is 0 Å². The van der Waals surface area contributed by atoms with Gasteiger partial charge in [0.05, 0.1) is 6.61 Å². The SMILES string of the molecule is CCOc1cccc(-c2ccc3c(c2)CCC3N)c1. The molecule has 0 heterocycles. The van der Waals surface area contributed by atoms with Gasteiger partial charge in [0, 0.05) is 6.04 Å². The van der Waals surface area contributed by atoms with Crippen molar-refractivity contribution in [3.8, 4) is 16.9 Å². The lowest BCUT2D eigenvalue weighted by Crippen LogP contribution is -2.04. The Hall–Kier alpha value is -1.80. The molecule has 1 unspecified atom stereocenters. The molecule has 1 aliphatic rings. The smallest absolute Gasteiger partial charge is 0.119 e. The summed E-state index contributed by atoms with van der Waals surface area (Å²) in [6, 6.07) is 15.1. The van der Waals surface area contributed by atoms with Crippen LogP contribution in [0.4, 0.5) is 0 Å². The van der Waals surface area contributed by atoms with Crippen LogP contribution in [0, 0.1) is 0 Å². The van der Waals surface area contributed by atoms with Crippen LogP contribution in [-0.2, 0) is 6.42 Å². The van der Waals surface area contributed by atoms with Gasteiger partial charge in [-0.15, -0.1) is 0 Å². The first-order chi connectivity index (χ1) is 9.28. The second-order valence-electron chi connectivity index (χ2n) is 5.02. The van der Waals surface area contributed by atoms with Gasteiger partial charge >= 0.3 is 0 Å². The van der Waals surface area contributed by atoms with Crippen LogP contribution in [0.15, 0.2) is 42.5 Å². The first-order valence-corrected chi connectivity index (χ1v) is 6.89. The third-order valence-electron chi connectivity index (χ3n) is 3.75. The first kappa shape index (κ1) is 12.2. The van der Waals surface area contributed by atoms with Crippen LogP contribution >= 0.6 is 0 Å². The second kappa shape index (κ2) is 5.06. The summed E-state index contributed by atoms with van der Waals surface area (Å²) in [7, 11) is 0. The molecule has 0 radical (unpaired) electrons. The Bertz CT molecular complexity index is 592. The zero-order valence-electron chi connectivity index (χ0n) is 11.2. The van der Waals surface area contributed by atoms with Crippen LogP contribution in [0.25, 0.3) is 11.1 Å². The number of nitrogens with two attached hydrogens (primary N) is 1. The number of rotatable bonds is 3. The Labute approximate surface area is 114 Å². The van der Waals surface area contributed by atoms with Crippen LogP contribution in [0.3, 0.4) is 0 Å². The monoisotopic (exact) mass is 253 g/mol. The molecule has 2 heteroatoms. The molecule has 1 aliphatic carbocycles. The molecule has 0 spiro atoms. The summed E-state index contributed by atoms with van der Waals surface area (Å²) in [5.41, 5.74) is 11.2. The molecule has 0 saturated carbocycles. The standard InChI is InChI=1S/C17H19NO/c1-2-19-15-5-3-4-12(11-15)13-6-8-16-14(10-13)7-9-17(16)18/h3-6,8,10-11,17H,2,7,9,18H2,1H3. The van der Waals surface area contributed by atoms with Gasteiger partial charge in [0.15, 0.2) is 0 Å². The lowest BCUT2D eigenvalue weighted by Gasteiger charge is -2.09. The van der Waals surface area contributed by atoms with E-state index in [0.717, 1.165) is 18.6 Å². The summed E-state index contributed by atoms with van der Waals surface area (Å²) in [5, 5.41) is 0. The maximum absolute atomic E-state index is 6.08. The van der Waals surface area contributed by atoms with Gasteiger partial charge in [-0.2, -0.15) is 0 Å². The van der Waals surface area contributed by atoms with Crippen LogP contribution in [0.1, 0.15) is 30.5 Å². The predicted octanol–water partition coefficient (Wildman–Crippen LogP) is 3.70. The minimum Gasteiger partial charge on any atom is -0.494 e. The van der Waals surface area contributed by atoms with Crippen molar-refractivity contribution >= 4 is 0 Å². The van der Waals surface area contributed by atoms with Crippen LogP contribution in [0.2, 0.25) is 0 Å². The molecule has 2 nitrogen and oxygen atoms in total. The van der Waals surface area contributed by atoms with E-state index in [1.54, 1.807) is 0 Å². The van der Waals surface area contributed by atoms with Crippen LogP contribution in [-0.4, -0.2) is 6.61 Å². The summed E-state index contributed by atoms with van der Waals surface area (Å²) in [6.07, 6.45) is 2.16. The zero-order chi connectivity index (χ0) is 13.2. The summed E-state index contributed by atoms with van der Waals surface area (Å²) in [6.45, 7) is 2.70. The molecule has 0 fully saturated rings. The number of hydrogen-bond donors (Lipinski definition) is 1. The molecular formula is C17H19NO. The number of benzene rings is 2. The summed E-state index contributed by atoms with van der Waals surface area (Å²) >= 11 is 0. The third kappa shape index (κ3) is 2.36. The van der Waals surface area contributed by atoms with Crippen LogP contribution < -0.4 is 10.5 Å². The molecule has 2 N–H and O–H groups in total. The van der Waals surface area contributed by atoms with Gasteiger partial charge in [-0.3, -0.25) is 0 Å². The maximum Gasteiger partial charge on any atom is 0.119 e. The summed E-state index contributed by atoms with van der Waals surface area (Å²) in [5.74, 6) is 0.928. The van der Waals surface area contributed by atoms with Gasteiger partial charge in [-0.1, -0.05) is 30.3 Å². The van der Waals surface area contributed by atoms with E-state index >= 15 is 0 Å². The van der Waals surface area contributed by atoms with Crippen molar-refractivity contribution in [3.05, 3.63) is 53.6 Å². The molecule has 19 heavy (non-hydrogen) atoms. The fourth-order valence-electron chi connectivity index (χ4n) is 2.76. The molecule has 0 amide bonds. The van der Waals surface area contributed by atoms with E-state index in [1.807, 2.05) is 19.1 Å². The highest BCUT2D eigenvalue weighted by Crippen LogP contribution is 2.33. The van der Waals surface area contributed by atoms with Gasteiger partial charge < -0.3 is 10.5 Å². The molecule has 0 aliphatic heterocycles. The normalized spacial score (nSPS) is 17.3. The second-order valence-corrected chi connectivity index (χ2v) is 5.02. The zero-order valence-corrected chi connectivity index (χ0v) is 11.2. The molecule has 0 bridgehead atoms. The average Bonchev–Trinajstić information content (AvgIpc) is 2.81. The maximum atomic E-state index is 6.08. The van der Waals surface area contributed by atoms with Crippen LogP contribution in [0.5, 0.6) is 5.75 Å². The quantitative estimate of drug-likeness (QED) is 0.905. The third-order valence-corrected chi connectivity index (χ3v) is 3.75. The summed E-state index contributed by atoms with van der Waals surface area (Å²) in [4.78, 5) is 0. The fraction of sp³-hybridized carbons (Fsp3) is 0.294. The van der Waals surface area contributed by atoms with E-state index in [9.17, 15) is 0 Å². The number of hydrogen-bond acceptors (Lipinski definition) is 2. The highest BCUT2D eigenvalue weighted by atomic mass is 16.5. The Morgan fingerprint density at radius 1 is 1.16 bits per heavy atom. The van der Waals surface area contributed by atoms with E-state index in [1.165, 1.54) is 22.3 Å². The van der Waals surface area contributed by atoms with Crippen molar-refractivity contribution in [3.63, 3.8) is 0 Å². The van der Waals surface area contributed by atoms with E-state index < -0.39 is 0 Å². The highest BCUT2D eigenvalue weighted by molar-refractivity contribution is 5.67. The molecular weight excluding hydrogens is 234 g/mol. The van der Waals surface area contributed by atoms with Crippen molar-refractivity contribution in [2.24, 2.45) is 5.73 Å². The average molecular weight is 253 g/mol. The molecule has 2 aromatic carbocycles. The van der Waals surface area contributed by atoms with Gasteiger partial charge in [0.25, 0.3) is 0 Å². The van der Waals surface area contributed by atoms with Crippen molar-refractivity contribution in [1.82, 2.24) is 0 Å². The van der Waals surface area contributed by atoms with E-state index in [4.69, 9.17) is 10.5 Å². The van der Waals surface area contributed by atoms with Crippen molar-refractivity contribution in [2.75, 3.05) is 6.61 Å². The van der Waals surface area contributed by atoms with E-state index in [2.05, 4.69) is 30.3 Å². The Kier molecular flexibility index (Phi) is 3.26. The highest BCUT2D eigenvalue weighted by Gasteiger charge is 2.18. The summed E-state index contributed by atoms with van der Waals surface area (Å²) < 4.78 is 5.56. The van der Waals surface area contributed by atoms with Gasteiger partial charge in [0.1, 0.15) is 5.75 Å². The number of fused-ring (bicyclic) bond motifs is 1. The molecule has 0 aromatic heterocycles.